The van der Waals surface area contributed by atoms with Crippen molar-refractivity contribution in [2.45, 2.75) is 19.9 Å². The molecule has 2 aromatic rings. The fourth-order valence-electron chi connectivity index (χ4n) is 1.78. The topological polar surface area (TPSA) is 32.3 Å². The molecule has 0 atom stereocenters. The van der Waals surface area contributed by atoms with Crippen molar-refractivity contribution in [1.29, 1.82) is 0 Å². The van der Waals surface area contributed by atoms with Crippen LogP contribution >= 0.6 is 27.3 Å². The molecule has 0 unspecified atom stereocenters. The highest BCUT2D eigenvalue weighted by Crippen LogP contribution is 2.25. The zero-order chi connectivity index (χ0) is 15.6. The van der Waals surface area contributed by atoms with Gasteiger partial charge in [0, 0.05) is 18.8 Å². The summed E-state index contributed by atoms with van der Waals surface area (Å²) >= 11 is 4.64. The summed E-state index contributed by atoms with van der Waals surface area (Å²) in [6.07, 6.45) is 0. The molecule has 0 spiro atoms. The number of thiophene rings is 1. The Balaban J connectivity index is 2.15. The lowest BCUT2D eigenvalue weighted by atomic mass is 10.2. The number of halogens is 2. The second kappa shape index (κ2) is 6.58. The summed E-state index contributed by atoms with van der Waals surface area (Å²) in [5.74, 6) is -0.591. The van der Waals surface area contributed by atoms with E-state index in [4.69, 9.17) is 0 Å². The number of amides is 1. The summed E-state index contributed by atoms with van der Waals surface area (Å²) in [5, 5.41) is 2.70. The molecule has 2 rings (SSSR count). The molecule has 1 aromatic carbocycles. The number of carbonyl (C=O) groups is 1. The van der Waals surface area contributed by atoms with E-state index in [0.29, 0.717) is 16.3 Å². The van der Waals surface area contributed by atoms with Crippen molar-refractivity contribution >= 4 is 44.5 Å². The van der Waals surface area contributed by atoms with Gasteiger partial charge in [-0.15, -0.1) is 11.3 Å². The molecule has 0 aliphatic carbocycles. The van der Waals surface area contributed by atoms with Crippen LogP contribution in [0.1, 0.15) is 23.5 Å². The zero-order valence-electron chi connectivity index (χ0n) is 12.0. The largest absolute Gasteiger partial charge is 0.370 e. The molecule has 1 amide bonds. The minimum absolute atomic E-state index is 0.198. The minimum atomic E-state index is -0.351. The molecule has 6 heteroatoms. The van der Waals surface area contributed by atoms with Crippen molar-refractivity contribution in [3.8, 4) is 0 Å². The first kappa shape index (κ1) is 16.0. The van der Waals surface area contributed by atoms with Crippen LogP contribution < -0.4 is 10.2 Å². The second-order valence-electron chi connectivity index (χ2n) is 4.93. The first-order valence-electron chi connectivity index (χ1n) is 6.47. The van der Waals surface area contributed by atoms with Crippen LogP contribution in [0.15, 0.2) is 34.1 Å². The fraction of sp³-hybridized carbons (Fsp3) is 0.267. The molecule has 0 saturated carbocycles. The maximum Gasteiger partial charge on any atom is 0.265 e. The number of benzene rings is 1. The van der Waals surface area contributed by atoms with E-state index >= 15 is 0 Å². The van der Waals surface area contributed by atoms with Crippen molar-refractivity contribution in [1.82, 2.24) is 0 Å². The molecular formula is C15H16BrFN2OS. The Morgan fingerprint density at radius 1 is 1.33 bits per heavy atom. The normalized spacial score (nSPS) is 10.8. The van der Waals surface area contributed by atoms with Gasteiger partial charge in [-0.2, -0.15) is 0 Å². The Labute approximate surface area is 135 Å². The molecule has 0 aliphatic heterocycles. The molecule has 21 heavy (non-hydrogen) atoms. The molecule has 1 N–H and O–H groups in total. The zero-order valence-corrected chi connectivity index (χ0v) is 14.4. The maximum absolute atomic E-state index is 14.1. The monoisotopic (exact) mass is 370 g/mol. The number of carbonyl (C=O) groups excluding carboxylic acids is 1. The maximum atomic E-state index is 14.1. The second-order valence-corrected chi connectivity index (χ2v) is 7.39. The predicted octanol–water partition coefficient (Wildman–Crippen LogP) is 4.75. The lowest BCUT2D eigenvalue weighted by molar-refractivity contribution is 0.103. The molecule has 0 saturated heterocycles. The minimum Gasteiger partial charge on any atom is -0.370 e. The smallest absolute Gasteiger partial charge is 0.265 e. The highest BCUT2D eigenvalue weighted by atomic mass is 79.9. The molecule has 1 heterocycles. The third-order valence-corrected chi connectivity index (χ3v) is 4.78. The van der Waals surface area contributed by atoms with Gasteiger partial charge in [-0.25, -0.2) is 4.39 Å². The van der Waals surface area contributed by atoms with Crippen LogP contribution in [-0.4, -0.2) is 19.0 Å². The van der Waals surface area contributed by atoms with E-state index < -0.39 is 0 Å². The van der Waals surface area contributed by atoms with Gasteiger partial charge in [-0.3, -0.25) is 4.79 Å². The average Bonchev–Trinajstić information content (AvgIpc) is 2.85. The van der Waals surface area contributed by atoms with Crippen LogP contribution in [0, 0.1) is 5.82 Å². The Kier molecular flexibility index (Phi) is 5.00. The van der Waals surface area contributed by atoms with Gasteiger partial charge in [0.25, 0.3) is 5.91 Å². The molecule has 0 radical (unpaired) electrons. The summed E-state index contributed by atoms with van der Waals surface area (Å²) in [5.41, 5.74) is 0.963. The van der Waals surface area contributed by atoms with E-state index in [1.807, 2.05) is 25.8 Å². The van der Waals surface area contributed by atoms with Crippen molar-refractivity contribution < 1.29 is 9.18 Å². The van der Waals surface area contributed by atoms with E-state index in [2.05, 4.69) is 21.2 Å². The van der Waals surface area contributed by atoms with Gasteiger partial charge in [0.2, 0.25) is 0 Å². The van der Waals surface area contributed by atoms with Crippen molar-refractivity contribution in [3.05, 3.63) is 44.8 Å². The van der Waals surface area contributed by atoms with Gasteiger partial charge >= 0.3 is 0 Å². The Morgan fingerprint density at radius 3 is 2.57 bits per heavy atom. The van der Waals surface area contributed by atoms with Crippen LogP contribution in [-0.2, 0) is 0 Å². The average molecular weight is 371 g/mol. The molecule has 112 valence electrons. The summed E-state index contributed by atoms with van der Waals surface area (Å²) in [6.45, 7) is 3.98. The first-order chi connectivity index (χ1) is 9.88. The van der Waals surface area contributed by atoms with E-state index in [0.717, 1.165) is 3.79 Å². The lowest BCUT2D eigenvalue weighted by Gasteiger charge is -2.24. The van der Waals surface area contributed by atoms with Crippen LogP contribution in [0.4, 0.5) is 15.8 Å². The highest BCUT2D eigenvalue weighted by molar-refractivity contribution is 9.11. The number of rotatable bonds is 4. The summed E-state index contributed by atoms with van der Waals surface area (Å²) in [6, 6.07) is 8.45. The van der Waals surface area contributed by atoms with Crippen molar-refractivity contribution in [2.24, 2.45) is 0 Å². The number of hydrogen-bond acceptors (Lipinski definition) is 3. The first-order valence-corrected chi connectivity index (χ1v) is 8.08. The third kappa shape index (κ3) is 3.83. The van der Waals surface area contributed by atoms with Gasteiger partial charge in [0.05, 0.1) is 14.4 Å². The third-order valence-electron chi connectivity index (χ3n) is 3.16. The van der Waals surface area contributed by atoms with Crippen LogP contribution in [0.3, 0.4) is 0 Å². The predicted molar refractivity (Wildman–Crippen MR) is 89.9 cm³/mol. The number of nitrogens with one attached hydrogen (secondary N) is 1. The van der Waals surface area contributed by atoms with Crippen molar-refractivity contribution in [2.75, 3.05) is 17.3 Å². The number of anilines is 2. The quantitative estimate of drug-likeness (QED) is 0.842. The number of hydrogen-bond donors (Lipinski definition) is 1. The summed E-state index contributed by atoms with van der Waals surface area (Å²) in [4.78, 5) is 14.4. The van der Waals surface area contributed by atoms with Crippen LogP contribution in [0.25, 0.3) is 0 Å². The van der Waals surface area contributed by atoms with Gasteiger partial charge in [0.15, 0.2) is 0 Å². The Morgan fingerprint density at radius 2 is 2.05 bits per heavy atom. The van der Waals surface area contributed by atoms with Gasteiger partial charge in [0.1, 0.15) is 5.82 Å². The summed E-state index contributed by atoms with van der Waals surface area (Å²) < 4.78 is 15.0. The standard InChI is InChI=1S/C15H16BrFN2OS/c1-9(2)19(3)12-5-4-10(8-11(12)17)18-15(20)13-6-7-14(16)21-13/h4-9H,1-3H3,(H,18,20). The van der Waals surface area contributed by atoms with Gasteiger partial charge in [-0.1, -0.05) is 0 Å². The Hall–Kier alpha value is -1.40. The van der Waals surface area contributed by atoms with Crippen molar-refractivity contribution in [3.63, 3.8) is 0 Å². The van der Waals surface area contributed by atoms with E-state index in [9.17, 15) is 9.18 Å². The molecule has 3 nitrogen and oxygen atoms in total. The van der Waals surface area contributed by atoms with Crippen LogP contribution in [0.2, 0.25) is 0 Å². The molecule has 1 aromatic heterocycles. The fourth-order valence-corrected chi connectivity index (χ4v) is 3.06. The van der Waals surface area contributed by atoms with E-state index in [-0.39, 0.29) is 17.8 Å². The summed E-state index contributed by atoms with van der Waals surface area (Å²) in [7, 11) is 1.84. The molecule has 0 aliphatic rings. The molecule has 0 fully saturated rings. The SMILES string of the molecule is CC(C)N(C)c1ccc(NC(=O)c2ccc(Br)s2)cc1F. The van der Waals surface area contributed by atoms with E-state index in [1.165, 1.54) is 17.4 Å². The van der Waals surface area contributed by atoms with Crippen LogP contribution in [0.5, 0.6) is 0 Å². The lowest BCUT2D eigenvalue weighted by Crippen LogP contribution is -2.26. The highest BCUT2D eigenvalue weighted by Gasteiger charge is 2.13. The van der Waals surface area contributed by atoms with Gasteiger partial charge in [-0.05, 0) is 60.1 Å². The molecular weight excluding hydrogens is 355 g/mol. The number of nitrogens with zero attached hydrogens (tertiary/aromatic N) is 1. The molecule has 0 bridgehead atoms. The van der Waals surface area contributed by atoms with E-state index in [1.54, 1.807) is 24.3 Å². The van der Waals surface area contributed by atoms with Gasteiger partial charge < -0.3 is 10.2 Å². The Bertz CT molecular complexity index is 657.